The fourth-order valence-corrected chi connectivity index (χ4v) is 4.38. The van der Waals surface area contributed by atoms with E-state index in [1.807, 2.05) is 0 Å². The zero-order chi connectivity index (χ0) is 18.1. The van der Waals surface area contributed by atoms with E-state index in [0.717, 1.165) is 39.0 Å². The first-order valence-electron chi connectivity index (χ1n) is 9.03. The van der Waals surface area contributed by atoms with Crippen LogP contribution in [0, 0.1) is 5.41 Å². The average molecular weight is 376 g/mol. The number of halogens is 1. The zero-order valence-electron chi connectivity index (χ0n) is 14.5. The van der Waals surface area contributed by atoms with Gasteiger partial charge in [0.1, 0.15) is 0 Å². The summed E-state index contributed by atoms with van der Waals surface area (Å²) in [5.41, 5.74) is 0.996. The van der Waals surface area contributed by atoms with E-state index < -0.39 is 5.97 Å². The fraction of sp³-hybridized carbons (Fsp3) is 0.474. The molecule has 138 valence electrons. The standard InChI is InChI=1S/C19H22ClN3O3/c20-14-5-3-13(4-6-14)16-15(18(24)25)17(22-26-16)23-10-2-8-19(12-23)7-1-9-21-11-19/h3-6,21H,1-2,7-12H2,(H,24,25). The molecule has 2 aliphatic heterocycles. The van der Waals surface area contributed by atoms with Crippen LogP contribution in [-0.4, -0.2) is 42.4 Å². The van der Waals surface area contributed by atoms with Gasteiger partial charge in [0.05, 0.1) is 0 Å². The van der Waals surface area contributed by atoms with Crippen molar-refractivity contribution in [3.05, 3.63) is 34.9 Å². The number of nitrogens with one attached hydrogen (secondary N) is 1. The Balaban J connectivity index is 1.68. The molecule has 4 rings (SSSR count). The number of carbonyl (C=O) groups is 1. The first-order chi connectivity index (χ1) is 12.6. The summed E-state index contributed by atoms with van der Waals surface area (Å²) in [6.45, 7) is 3.65. The van der Waals surface area contributed by atoms with Crippen LogP contribution in [0.1, 0.15) is 36.0 Å². The molecule has 2 fully saturated rings. The number of rotatable bonds is 3. The number of piperidine rings is 2. The number of anilines is 1. The van der Waals surface area contributed by atoms with Crippen LogP contribution in [0.15, 0.2) is 28.8 Å². The largest absolute Gasteiger partial charge is 0.477 e. The molecule has 2 N–H and O–H groups in total. The predicted molar refractivity (Wildman–Crippen MR) is 99.9 cm³/mol. The van der Waals surface area contributed by atoms with E-state index in [4.69, 9.17) is 16.1 Å². The lowest BCUT2D eigenvalue weighted by Crippen LogP contribution is -2.51. The molecule has 1 aromatic carbocycles. The Morgan fingerprint density at radius 2 is 2.04 bits per heavy atom. The number of hydrogen-bond acceptors (Lipinski definition) is 5. The Kier molecular flexibility index (Phi) is 4.63. The molecular weight excluding hydrogens is 354 g/mol. The van der Waals surface area contributed by atoms with E-state index in [2.05, 4.69) is 15.4 Å². The van der Waals surface area contributed by atoms with Crippen molar-refractivity contribution in [3.8, 4) is 11.3 Å². The van der Waals surface area contributed by atoms with Gasteiger partial charge in [0.25, 0.3) is 0 Å². The SMILES string of the molecule is O=C(O)c1c(N2CCCC3(CCCNC3)C2)noc1-c1ccc(Cl)cc1. The van der Waals surface area contributed by atoms with Crippen LogP contribution in [0.25, 0.3) is 11.3 Å². The number of hydrogen-bond donors (Lipinski definition) is 2. The summed E-state index contributed by atoms with van der Waals surface area (Å²) in [6.07, 6.45) is 4.53. The van der Waals surface area contributed by atoms with E-state index in [0.29, 0.717) is 16.4 Å². The number of benzene rings is 1. The van der Waals surface area contributed by atoms with E-state index in [1.54, 1.807) is 24.3 Å². The van der Waals surface area contributed by atoms with E-state index >= 15 is 0 Å². The maximum atomic E-state index is 12.0. The summed E-state index contributed by atoms with van der Waals surface area (Å²) in [5, 5.41) is 18.1. The molecule has 2 aromatic rings. The van der Waals surface area contributed by atoms with Gasteiger partial charge in [-0.2, -0.15) is 0 Å². The van der Waals surface area contributed by atoms with Gasteiger partial charge >= 0.3 is 5.97 Å². The lowest BCUT2D eigenvalue weighted by atomic mass is 9.74. The molecule has 1 unspecified atom stereocenters. The minimum absolute atomic E-state index is 0.133. The number of nitrogens with zero attached hydrogens (tertiary/aromatic N) is 2. The van der Waals surface area contributed by atoms with Crippen LogP contribution in [0.3, 0.4) is 0 Å². The Hall–Kier alpha value is -2.05. The Labute approximate surface area is 157 Å². The van der Waals surface area contributed by atoms with Crippen molar-refractivity contribution in [1.82, 2.24) is 10.5 Å². The van der Waals surface area contributed by atoms with Crippen LogP contribution < -0.4 is 10.2 Å². The topological polar surface area (TPSA) is 78.6 Å². The summed E-state index contributed by atoms with van der Waals surface area (Å²) >= 11 is 5.93. The van der Waals surface area contributed by atoms with Gasteiger partial charge in [-0.1, -0.05) is 16.8 Å². The van der Waals surface area contributed by atoms with E-state index in [9.17, 15) is 9.90 Å². The highest BCUT2D eigenvalue weighted by Gasteiger charge is 2.39. The van der Waals surface area contributed by atoms with Crippen LogP contribution in [0.2, 0.25) is 5.02 Å². The molecule has 6 nitrogen and oxygen atoms in total. The van der Waals surface area contributed by atoms with Gasteiger partial charge < -0.3 is 19.8 Å². The summed E-state index contributed by atoms with van der Waals surface area (Å²) in [7, 11) is 0. The van der Waals surface area contributed by atoms with Crippen LogP contribution in [-0.2, 0) is 0 Å². The lowest BCUT2D eigenvalue weighted by Gasteiger charge is -2.45. The van der Waals surface area contributed by atoms with Gasteiger partial charge in [0.15, 0.2) is 17.1 Å². The molecule has 0 aliphatic carbocycles. The molecule has 7 heteroatoms. The van der Waals surface area contributed by atoms with Crippen molar-refractivity contribution < 1.29 is 14.4 Å². The summed E-state index contributed by atoms with van der Waals surface area (Å²) in [6, 6.07) is 6.94. The molecule has 1 spiro atoms. The van der Waals surface area contributed by atoms with Gasteiger partial charge in [-0.15, -0.1) is 0 Å². The summed E-state index contributed by atoms with van der Waals surface area (Å²) < 4.78 is 5.48. The maximum absolute atomic E-state index is 12.0. The highest BCUT2D eigenvalue weighted by atomic mass is 35.5. The maximum Gasteiger partial charge on any atom is 0.343 e. The van der Waals surface area contributed by atoms with Crippen LogP contribution in [0.4, 0.5) is 5.82 Å². The van der Waals surface area contributed by atoms with E-state index in [1.165, 1.54) is 12.8 Å². The molecule has 0 amide bonds. The zero-order valence-corrected chi connectivity index (χ0v) is 15.3. The fourth-order valence-electron chi connectivity index (χ4n) is 4.26. The number of aromatic nitrogens is 1. The van der Waals surface area contributed by atoms with Gasteiger partial charge in [-0.3, -0.25) is 0 Å². The molecule has 0 bridgehead atoms. The van der Waals surface area contributed by atoms with Gasteiger partial charge in [-0.25, -0.2) is 4.79 Å². The normalized spacial score (nSPS) is 23.3. The minimum Gasteiger partial charge on any atom is -0.477 e. The quantitative estimate of drug-likeness (QED) is 0.852. The summed E-state index contributed by atoms with van der Waals surface area (Å²) in [4.78, 5) is 14.1. The highest BCUT2D eigenvalue weighted by Crippen LogP contribution is 2.40. The van der Waals surface area contributed by atoms with Crippen molar-refractivity contribution in [2.75, 3.05) is 31.1 Å². The molecule has 0 radical (unpaired) electrons. The Morgan fingerprint density at radius 1 is 1.27 bits per heavy atom. The van der Waals surface area contributed by atoms with E-state index in [-0.39, 0.29) is 16.7 Å². The predicted octanol–water partition coefficient (Wildman–Crippen LogP) is 3.66. The molecule has 2 aliphatic rings. The third kappa shape index (κ3) is 3.19. The molecule has 3 heterocycles. The summed E-state index contributed by atoms with van der Waals surface area (Å²) in [5.74, 6) is -0.301. The second-order valence-electron chi connectivity index (χ2n) is 7.33. The molecular formula is C19H22ClN3O3. The molecule has 1 aromatic heterocycles. The van der Waals surface area contributed by atoms with Gasteiger partial charge in [-0.05, 0) is 56.5 Å². The molecule has 2 saturated heterocycles. The van der Waals surface area contributed by atoms with Crippen molar-refractivity contribution >= 4 is 23.4 Å². The number of aromatic carboxylic acids is 1. The van der Waals surface area contributed by atoms with Gasteiger partial charge in [0.2, 0.25) is 0 Å². The molecule has 0 saturated carbocycles. The molecule has 26 heavy (non-hydrogen) atoms. The number of carboxylic acid groups (broad SMARTS) is 1. The Morgan fingerprint density at radius 3 is 2.73 bits per heavy atom. The van der Waals surface area contributed by atoms with Crippen molar-refractivity contribution in [2.45, 2.75) is 25.7 Å². The first-order valence-corrected chi connectivity index (χ1v) is 9.40. The van der Waals surface area contributed by atoms with Gasteiger partial charge in [0, 0.05) is 35.6 Å². The average Bonchev–Trinajstić information content (AvgIpc) is 3.08. The Bertz CT molecular complexity index is 791. The van der Waals surface area contributed by atoms with Crippen LogP contribution in [0.5, 0.6) is 0 Å². The second kappa shape index (κ2) is 6.93. The third-order valence-corrected chi connectivity index (χ3v) is 5.77. The van der Waals surface area contributed by atoms with Crippen molar-refractivity contribution in [3.63, 3.8) is 0 Å². The van der Waals surface area contributed by atoms with Crippen molar-refractivity contribution in [2.24, 2.45) is 5.41 Å². The van der Waals surface area contributed by atoms with Crippen molar-refractivity contribution in [1.29, 1.82) is 0 Å². The minimum atomic E-state index is -1.02. The first kappa shape index (κ1) is 17.4. The monoisotopic (exact) mass is 375 g/mol. The smallest absolute Gasteiger partial charge is 0.343 e. The highest BCUT2D eigenvalue weighted by molar-refractivity contribution is 6.30. The molecule has 1 atom stereocenters. The lowest BCUT2D eigenvalue weighted by molar-refractivity contribution is 0.0697. The third-order valence-electron chi connectivity index (χ3n) is 5.52. The number of carboxylic acids is 1. The second-order valence-corrected chi connectivity index (χ2v) is 7.76. The van der Waals surface area contributed by atoms with Crippen LogP contribution >= 0.6 is 11.6 Å².